The van der Waals surface area contributed by atoms with Crippen LogP contribution < -0.4 is 5.32 Å². The highest BCUT2D eigenvalue weighted by molar-refractivity contribution is 8.00. The Hall–Kier alpha value is -2.98. The van der Waals surface area contributed by atoms with Crippen LogP contribution in [0.15, 0.2) is 27.3 Å². The minimum atomic E-state index is -3.53. The van der Waals surface area contributed by atoms with Gasteiger partial charge < -0.3 is 20.4 Å². The van der Waals surface area contributed by atoms with E-state index >= 15 is 0 Å². The maximum atomic E-state index is 12.7. The SMILES string of the molecule is CS(=O)(=O)CC1=C(C(=O)O)N2C(=O)C(NC(=O)/C(=N\OCC(=O)O)c3cscn3)[C@H]2SC1. The predicted octanol–water partition coefficient (Wildman–Crippen LogP) is -1.27. The lowest BCUT2D eigenvalue weighted by Crippen LogP contribution is -2.71. The third-order valence-corrected chi connectivity index (χ3v) is 7.01. The van der Waals surface area contributed by atoms with Crippen LogP contribution in [0, 0.1) is 0 Å². The zero-order valence-corrected chi connectivity index (χ0v) is 18.7. The second-order valence-electron chi connectivity index (χ2n) is 6.67. The van der Waals surface area contributed by atoms with Gasteiger partial charge in [-0.2, -0.15) is 0 Å². The van der Waals surface area contributed by atoms with Gasteiger partial charge in [-0.3, -0.25) is 14.5 Å². The lowest BCUT2D eigenvalue weighted by Gasteiger charge is -2.49. The first kappa shape index (κ1) is 23.7. The van der Waals surface area contributed by atoms with Crippen molar-refractivity contribution >= 4 is 62.4 Å². The number of hydrogen-bond acceptors (Lipinski definition) is 11. The zero-order valence-electron chi connectivity index (χ0n) is 16.2. The zero-order chi connectivity index (χ0) is 23.6. The van der Waals surface area contributed by atoms with E-state index in [4.69, 9.17) is 5.11 Å². The third kappa shape index (κ3) is 5.08. The Morgan fingerprint density at radius 1 is 1.38 bits per heavy atom. The van der Waals surface area contributed by atoms with Gasteiger partial charge in [0.15, 0.2) is 15.5 Å². The highest BCUT2D eigenvalue weighted by atomic mass is 32.2. The Morgan fingerprint density at radius 2 is 2.09 bits per heavy atom. The summed E-state index contributed by atoms with van der Waals surface area (Å²) in [5.74, 6) is -4.82. The fourth-order valence-electron chi connectivity index (χ4n) is 3.01. The number of thioether (sulfide) groups is 1. The number of aromatic nitrogens is 1. The smallest absolute Gasteiger partial charge is 0.352 e. The summed E-state index contributed by atoms with van der Waals surface area (Å²) in [6.07, 6.45) is 0.961. The molecule has 1 aromatic rings. The van der Waals surface area contributed by atoms with Crippen LogP contribution in [0.1, 0.15) is 5.69 Å². The van der Waals surface area contributed by atoms with Gasteiger partial charge >= 0.3 is 11.9 Å². The Balaban J connectivity index is 1.80. The van der Waals surface area contributed by atoms with E-state index in [0.29, 0.717) is 0 Å². The van der Waals surface area contributed by atoms with Crippen molar-refractivity contribution in [1.82, 2.24) is 15.2 Å². The molecule has 1 fully saturated rings. The van der Waals surface area contributed by atoms with E-state index in [0.717, 1.165) is 34.3 Å². The molecule has 2 atom stereocenters. The number of nitrogens with one attached hydrogen (secondary N) is 1. The van der Waals surface area contributed by atoms with Crippen LogP contribution in [0.25, 0.3) is 0 Å². The number of sulfone groups is 1. The number of aliphatic carboxylic acids is 2. The molecule has 13 nitrogen and oxygen atoms in total. The van der Waals surface area contributed by atoms with Gasteiger partial charge in [0.2, 0.25) is 6.61 Å². The van der Waals surface area contributed by atoms with E-state index in [1.807, 2.05) is 0 Å². The van der Waals surface area contributed by atoms with Crippen LogP contribution in [0.2, 0.25) is 0 Å². The molecule has 2 amide bonds. The number of nitrogens with zero attached hydrogens (tertiary/aromatic N) is 3. The van der Waals surface area contributed by atoms with Gasteiger partial charge in [0.1, 0.15) is 22.8 Å². The van der Waals surface area contributed by atoms with Crippen molar-refractivity contribution in [2.45, 2.75) is 11.4 Å². The molecule has 172 valence electrons. The average Bonchev–Trinajstić information content (AvgIpc) is 3.21. The molecule has 2 aliphatic heterocycles. The lowest BCUT2D eigenvalue weighted by molar-refractivity contribution is -0.150. The Labute approximate surface area is 189 Å². The van der Waals surface area contributed by atoms with Gasteiger partial charge in [-0.05, 0) is 5.57 Å². The second kappa shape index (κ2) is 9.25. The van der Waals surface area contributed by atoms with Crippen LogP contribution in [0.4, 0.5) is 0 Å². The number of rotatable bonds is 9. The molecular formula is C16H16N4O9S3. The predicted molar refractivity (Wildman–Crippen MR) is 112 cm³/mol. The summed E-state index contributed by atoms with van der Waals surface area (Å²) in [5.41, 5.74) is 0.834. The first-order chi connectivity index (χ1) is 15.0. The molecule has 3 heterocycles. The summed E-state index contributed by atoms with van der Waals surface area (Å²) < 4.78 is 23.2. The highest BCUT2D eigenvalue weighted by Crippen LogP contribution is 2.40. The van der Waals surface area contributed by atoms with Crippen LogP contribution in [-0.4, -0.2) is 93.8 Å². The number of fused-ring (bicyclic) bond motifs is 1. The van der Waals surface area contributed by atoms with Crippen LogP contribution in [-0.2, 0) is 33.9 Å². The second-order valence-corrected chi connectivity index (χ2v) is 10.6. The molecular weight excluding hydrogens is 488 g/mol. The van der Waals surface area contributed by atoms with E-state index in [1.165, 1.54) is 10.9 Å². The van der Waals surface area contributed by atoms with E-state index in [1.54, 1.807) is 0 Å². The number of oxime groups is 1. The van der Waals surface area contributed by atoms with Crippen molar-refractivity contribution < 1.29 is 42.6 Å². The topological polar surface area (TPSA) is 193 Å². The maximum Gasteiger partial charge on any atom is 0.352 e. The van der Waals surface area contributed by atoms with E-state index in [9.17, 15) is 32.7 Å². The summed E-state index contributed by atoms with van der Waals surface area (Å²) in [4.78, 5) is 57.2. The summed E-state index contributed by atoms with van der Waals surface area (Å²) >= 11 is 2.26. The van der Waals surface area contributed by atoms with E-state index in [-0.39, 0.29) is 22.7 Å². The third-order valence-electron chi connectivity index (χ3n) is 4.21. The van der Waals surface area contributed by atoms with Gasteiger partial charge in [-0.1, -0.05) is 5.16 Å². The summed E-state index contributed by atoms with van der Waals surface area (Å²) in [6, 6.07) is -1.11. The van der Waals surface area contributed by atoms with Crippen molar-refractivity contribution in [3.63, 3.8) is 0 Å². The molecule has 0 radical (unpaired) electrons. The van der Waals surface area contributed by atoms with Gasteiger partial charge in [0, 0.05) is 17.4 Å². The molecule has 2 aliphatic rings. The molecule has 0 bridgehead atoms. The van der Waals surface area contributed by atoms with E-state index in [2.05, 4.69) is 20.3 Å². The number of carboxylic acids is 2. The molecule has 1 aromatic heterocycles. The summed E-state index contributed by atoms with van der Waals surface area (Å²) in [5, 5.41) is 24.8. The first-order valence-electron chi connectivity index (χ1n) is 8.68. The van der Waals surface area contributed by atoms with Gasteiger partial charge in [0.05, 0.1) is 11.3 Å². The molecule has 16 heteroatoms. The van der Waals surface area contributed by atoms with Crippen molar-refractivity contribution in [2.24, 2.45) is 5.16 Å². The minimum Gasteiger partial charge on any atom is -0.479 e. The molecule has 3 N–H and O–H groups in total. The van der Waals surface area contributed by atoms with Gasteiger partial charge in [-0.25, -0.2) is 23.0 Å². The average molecular weight is 505 g/mol. The number of β-lactam (4-membered cyclic amide) rings is 1. The number of thiazole rings is 1. The molecule has 0 aliphatic carbocycles. The molecule has 0 saturated carbocycles. The number of amides is 2. The molecule has 1 unspecified atom stereocenters. The Kier molecular flexibility index (Phi) is 6.85. The fourth-order valence-corrected chi connectivity index (χ4v) is 5.89. The number of hydrogen-bond donors (Lipinski definition) is 3. The lowest BCUT2D eigenvalue weighted by atomic mass is 10.0. The highest BCUT2D eigenvalue weighted by Gasteiger charge is 2.54. The van der Waals surface area contributed by atoms with Crippen molar-refractivity contribution in [2.75, 3.05) is 24.4 Å². The Morgan fingerprint density at radius 3 is 2.66 bits per heavy atom. The normalized spacial score (nSPS) is 21.0. The molecule has 3 rings (SSSR count). The number of carboxylic acid groups (broad SMARTS) is 2. The minimum absolute atomic E-state index is 0.0459. The van der Waals surface area contributed by atoms with Crippen molar-refractivity contribution in [3.8, 4) is 0 Å². The van der Waals surface area contributed by atoms with E-state index < -0.39 is 63.1 Å². The Bertz CT molecular complexity index is 1130. The molecule has 0 aromatic carbocycles. The molecule has 0 spiro atoms. The first-order valence-corrected chi connectivity index (χ1v) is 12.7. The molecule has 32 heavy (non-hydrogen) atoms. The van der Waals surface area contributed by atoms with Crippen molar-refractivity contribution in [1.29, 1.82) is 0 Å². The van der Waals surface area contributed by atoms with Gasteiger partial charge in [-0.15, -0.1) is 23.1 Å². The largest absolute Gasteiger partial charge is 0.479 e. The summed E-state index contributed by atoms with van der Waals surface area (Å²) in [6.45, 7) is -0.800. The standard InChI is InChI=1S/C16H16N4O9S3/c1-32(27,28)5-7-3-31-15-11(14(24)20(15)12(7)16(25)26)18-13(23)10(8-4-30-6-17-8)19-29-2-9(21)22/h4,6,11,15H,2-3,5H2,1H3,(H,18,23)(H,21,22)(H,25,26)/b19-10-/t11?,15-/m1/s1. The van der Waals surface area contributed by atoms with Crippen LogP contribution >= 0.6 is 23.1 Å². The monoisotopic (exact) mass is 504 g/mol. The van der Waals surface area contributed by atoms with Crippen molar-refractivity contribution in [3.05, 3.63) is 27.9 Å². The summed E-state index contributed by atoms with van der Waals surface area (Å²) in [7, 11) is -3.53. The van der Waals surface area contributed by atoms with Gasteiger partial charge in [0.25, 0.3) is 11.8 Å². The fraction of sp³-hybridized carbons (Fsp3) is 0.375. The maximum absolute atomic E-state index is 12.7. The van der Waals surface area contributed by atoms with Crippen LogP contribution in [0.3, 0.4) is 0 Å². The quantitative estimate of drug-likeness (QED) is 0.206. The molecule has 1 saturated heterocycles. The van der Waals surface area contributed by atoms with Crippen LogP contribution in [0.5, 0.6) is 0 Å². The number of carbonyl (C=O) groups is 4. The number of carbonyl (C=O) groups excluding carboxylic acids is 2.